The van der Waals surface area contributed by atoms with E-state index in [1.54, 1.807) is 12.1 Å². The lowest BCUT2D eigenvalue weighted by Gasteiger charge is -2.24. The van der Waals surface area contributed by atoms with E-state index >= 15 is 0 Å². The van der Waals surface area contributed by atoms with Gasteiger partial charge < -0.3 is 14.9 Å². The lowest BCUT2D eigenvalue weighted by Crippen LogP contribution is -2.24. The van der Waals surface area contributed by atoms with E-state index in [2.05, 4.69) is 0 Å². The van der Waals surface area contributed by atoms with Gasteiger partial charge in [0.2, 0.25) is 0 Å². The van der Waals surface area contributed by atoms with Gasteiger partial charge in [-0.05, 0) is 56.2 Å². The number of aromatic hydroxyl groups is 1. The molecule has 1 saturated heterocycles. The predicted molar refractivity (Wildman–Crippen MR) is 70.6 cm³/mol. The van der Waals surface area contributed by atoms with Crippen molar-refractivity contribution in [3.8, 4) is 5.75 Å². The molecule has 0 aromatic heterocycles. The van der Waals surface area contributed by atoms with Crippen molar-refractivity contribution < 1.29 is 14.9 Å². The van der Waals surface area contributed by atoms with Crippen LogP contribution in [0.4, 0.5) is 0 Å². The van der Waals surface area contributed by atoms with Crippen molar-refractivity contribution in [1.29, 1.82) is 0 Å². The van der Waals surface area contributed by atoms with Gasteiger partial charge in [-0.1, -0.05) is 12.1 Å². The number of hydrogen-bond acceptors (Lipinski definition) is 3. The maximum Gasteiger partial charge on any atom is 0.115 e. The molecule has 0 spiro atoms. The highest BCUT2D eigenvalue weighted by Gasteiger charge is 2.17. The minimum Gasteiger partial charge on any atom is -0.508 e. The van der Waals surface area contributed by atoms with Crippen LogP contribution < -0.4 is 0 Å². The minimum atomic E-state index is -0.290. The van der Waals surface area contributed by atoms with E-state index in [0.29, 0.717) is 0 Å². The van der Waals surface area contributed by atoms with Gasteiger partial charge in [0, 0.05) is 6.61 Å². The van der Waals surface area contributed by atoms with Gasteiger partial charge in [0.1, 0.15) is 5.75 Å². The van der Waals surface area contributed by atoms with Crippen LogP contribution in [0.25, 0.3) is 0 Å². The Kier molecular flexibility index (Phi) is 5.02. The van der Waals surface area contributed by atoms with Crippen LogP contribution in [0.15, 0.2) is 24.3 Å². The summed E-state index contributed by atoms with van der Waals surface area (Å²) >= 11 is 0. The average Bonchev–Trinajstić information content (AvgIpc) is 2.39. The summed E-state index contributed by atoms with van der Waals surface area (Å²) in [5.41, 5.74) is 1.15. The lowest BCUT2D eigenvalue weighted by atomic mass is 9.99. The number of phenols is 1. The number of benzene rings is 1. The summed E-state index contributed by atoms with van der Waals surface area (Å²) < 4.78 is 5.62. The molecule has 18 heavy (non-hydrogen) atoms. The standard InChI is InChI=1S/C15H22O3/c16-13-7-4-12(5-8-13)6-9-14(17)11-15-3-1-2-10-18-15/h4-5,7-8,14-17H,1-3,6,9-11H2. The summed E-state index contributed by atoms with van der Waals surface area (Å²) in [7, 11) is 0. The molecule has 0 bridgehead atoms. The molecular formula is C15H22O3. The second-order valence-corrected chi connectivity index (χ2v) is 5.08. The molecule has 0 saturated carbocycles. The second-order valence-electron chi connectivity index (χ2n) is 5.08. The predicted octanol–water partition coefficient (Wildman–Crippen LogP) is 2.64. The third-order valence-electron chi connectivity index (χ3n) is 3.51. The number of hydrogen-bond donors (Lipinski definition) is 2. The Bertz CT molecular complexity index is 341. The zero-order chi connectivity index (χ0) is 12.8. The third kappa shape index (κ3) is 4.31. The van der Waals surface area contributed by atoms with Crippen molar-refractivity contribution in [3.63, 3.8) is 0 Å². The van der Waals surface area contributed by atoms with E-state index in [1.807, 2.05) is 12.1 Å². The topological polar surface area (TPSA) is 49.7 Å². The van der Waals surface area contributed by atoms with Crippen molar-refractivity contribution >= 4 is 0 Å². The summed E-state index contributed by atoms with van der Waals surface area (Å²) in [5.74, 6) is 0.287. The van der Waals surface area contributed by atoms with Gasteiger partial charge in [-0.15, -0.1) is 0 Å². The van der Waals surface area contributed by atoms with E-state index in [0.717, 1.165) is 44.3 Å². The molecule has 1 aromatic carbocycles. The lowest BCUT2D eigenvalue weighted by molar-refractivity contribution is -0.0162. The van der Waals surface area contributed by atoms with Crippen LogP contribution in [0.2, 0.25) is 0 Å². The normalized spacial score (nSPS) is 21.7. The Hall–Kier alpha value is -1.06. The number of rotatable bonds is 5. The quantitative estimate of drug-likeness (QED) is 0.844. The molecule has 3 nitrogen and oxygen atoms in total. The molecule has 1 aromatic rings. The Balaban J connectivity index is 1.70. The zero-order valence-corrected chi connectivity index (χ0v) is 10.7. The number of ether oxygens (including phenoxy) is 1. The fourth-order valence-electron chi connectivity index (χ4n) is 2.41. The van der Waals surface area contributed by atoms with Crippen molar-refractivity contribution in [2.45, 2.75) is 50.7 Å². The number of phenolic OH excluding ortho intramolecular Hbond substituents is 1. The van der Waals surface area contributed by atoms with E-state index in [-0.39, 0.29) is 18.0 Å². The maximum absolute atomic E-state index is 9.99. The van der Waals surface area contributed by atoms with E-state index in [4.69, 9.17) is 4.74 Å². The van der Waals surface area contributed by atoms with E-state index in [1.165, 1.54) is 6.42 Å². The zero-order valence-electron chi connectivity index (χ0n) is 10.7. The van der Waals surface area contributed by atoms with Crippen LogP contribution in [0.5, 0.6) is 5.75 Å². The fourth-order valence-corrected chi connectivity index (χ4v) is 2.41. The monoisotopic (exact) mass is 250 g/mol. The molecule has 1 aliphatic rings. The number of aliphatic hydroxyl groups excluding tert-OH is 1. The minimum absolute atomic E-state index is 0.244. The van der Waals surface area contributed by atoms with Gasteiger partial charge in [0.05, 0.1) is 12.2 Å². The van der Waals surface area contributed by atoms with Crippen molar-refractivity contribution in [1.82, 2.24) is 0 Å². The van der Waals surface area contributed by atoms with Crippen molar-refractivity contribution in [2.24, 2.45) is 0 Å². The largest absolute Gasteiger partial charge is 0.508 e. The third-order valence-corrected chi connectivity index (χ3v) is 3.51. The SMILES string of the molecule is Oc1ccc(CCC(O)CC2CCCCO2)cc1. The Labute approximate surface area is 108 Å². The highest BCUT2D eigenvalue weighted by Crippen LogP contribution is 2.19. The van der Waals surface area contributed by atoms with Crippen LogP contribution in [0.1, 0.15) is 37.7 Å². The number of aryl methyl sites for hydroxylation is 1. The van der Waals surface area contributed by atoms with E-state index < -0.39 is 0 Å². The van der Waals surface area contributed by atoms with Gasteiger partial charge in [-0.25, -0.2) is 0 Å². The van der Waals surface area contributed by atoms with Gasteiger partial charge >= 0.3 is 0 Å². The first-order valence-electron chi connectivity index (χ1n) is 6.81. The van der Waals surface area contributed by atoms with Crippen LogP contribution in [0, 0.1) is 0 Å². The van der Waals surface area contributed by atoms with Gasteiger partial charge in [0.15, 0.2) is 0 Å². The highest BCUT2D eigenvalue weighted by atomic mass is 16.5. The summed E-state index contributed by atoms with van der Waals surface area (Å²) in [4.78, 5) is 0. The molecule has 1 aliphatic heterocycles. The van der Waals surface area contributed by atoms with Crippen molar-refractivity contribution in [2.75, 3.05) is 6.61 Å². The van der Waals surface area contributed by atoms with E-state index in [9.17, 15) is 10.2 Å². The smallest absolute Gasteiger partial charge is 0.115 e. The molecule has 1 fully saturated rings. The van der Waals surface area contributed by atoms with Crippen molar-refractivity contribution in [3.05, 3.63) is 29.8 Å². The fraction of sp³-hybridized carbons (Fsp3) is 0.600. The average molecular weight is 250 g/mol. The van der Waals surface area contributed by atoms with Crippen LogP contribution in [0.3, 0.4) is 0 Å². The van der Waals surface area contributed by atoms with Gasteiger partial charge in [-0.2, -0.15) is 0 Å². The summed E-state index contributed by atoms with van der Waals surface area (Å²) in [6.45, 7) is 0.843. The molecule has 2 atom stereocenters. The molecule has 3 heteroatoms. The molecule has 2 unspecified atom stereocenters. The first-order valence-corrected chi connectivity index (χ1v) is 6.81. The molecule has 100 valence electrons. The second kappa shape index (κ2) is 6.76. The van der Waals surface area contributed by atoms with Gasteiger partial charge in [-0.3, -0.25) is 0 Å². The molecule has 2 rings (SSSR count). The highest BCUT2D eigenvalue weighted by molar-refractivity contribution is 5.25. The van der Waals surface area contributed by atoms with Crippen LogP contribution >= 0.6 is 0 Å². The van der Waals surface area contributed by atoms with Crippen LogP contribution in [-0.4, -0.2) is 29.0 Å². The Morgan fingerprint density at radius 2 is 2.00 bits per heavy atom. The summed E-state index contributed by atoms with van der Waals surface area (Å²) in [6.07, 6.45) is 5.75. The molecule has 2 N–H and O–H groups in total. The molecule has 1 heterocycles. The molecule has 0 radical (unpaired) electrons. The Morgan fingerprint density at radius 3 is 2.67 bits per heavy atom. The van der Waals surface area contributed by atoms with Gasteiger partial charge in [0.25, 0.3) is 0 Å². The Morgan fingerprint density at radius 1 is 1.22 bits per heavy atom. The molecule has 0 amide bonds. The summed E-state index contributed by atoms with van der Waals surface area (Å²) in [6, 6.07) is 7.18. The molecular weight excluding hydrogens is 228 g/mol. The first-order chi connectivity index (χ1) is 8.74. The molecule has 0 aliphatic carbocycles. The maximum atomic E-state index is 9.99. The summed E-state index contributed by atoms with van der Waals surface area (Å²) in [5, 5.41) is 19.2. The number of aliphatic hydroxyl groups is 1. The first kappa shape index (κ1) is 13.4. The van der Waals surface area contributed by atoms with Crippen LogP contribution in [-0.2, 0) is 11.2 Å².